The number of amides is 1. The number of aromatic nitrogens is 1. The summed E-state index contributed by atoms with van der Waals surface area (Å²) < 4.78 is 0.662. The second-order valence-electron chi connectivity index (χ2n) is 4.02. The monoisotopic (exact) mass is 342 g/mol. The molecule has 0 aliphatic carbocycles. The summed E-state index contributed by atoms with van der Waals surface area (Å²) in [6.45, 7) is 1.83. The highest BCUT2D eigenvalue weighted by Crippen LogP contribution is 2.22. The molecular formula is C13H11ClN2O3S2. The molecule has 5 nitrogen and oxygen atoms in total. The lowest BCUT2D eigenvalue weighted by atomic mass is 10.4. The van der Waals surface area contributed by atoms with E-state index in [-0.39, 0.29) is 17.3 Å². The van der Waals surface area contributed by atoms with Gasteiger partial charge in [0.25, 0.3) is 0 Å². The molecule has 0 aliphatic heterocycles. The first-order valence-electron chi connectivity index (χ1n) is 5.86. The summed E-state index contributed by atoms with van der Waals surface area (Å²) in [4.78, 5) is 27.7. The number of thiophene rings is 1. The van der Waals surface area contributed by atoms with Gasteiger partial charge in [-0.25, -0.2) is 9.78 Å². The molecule has 2 aromatic heterocycles. The van der Waals surface area contributed by atoms with E-state index in [0.29, 0.717) is 15.0 Å². The fraction of sp³-hybridized carbons (Fsp3) is 0.154. The molecule has 0 bridgehead atoms. The largest absolute Gasteiger partial charge is 0.477 e. The molecule has 21 heavy (non-hydrogen) atoms. The Morgan fingerprint density at radius 2 is 2.19 bits per heavy atom. The summed E-state index contributed by atoms with van der Waals surface area (Å²) in [6.07, 6.45) is 3.07. The number of carbonyl (C=O) groups excluding carboxylic acids is 1. The van der Waals surface area contributed by atoms with Gasteiger partial charge in [0.2, 0.25) is 5.91 Å². The zero-order valence-electron chi connectivity index (χ0n) is 10.9. The molecule has 0 saturated carbocycles. The summed E-state index contributed by atoms with van der Waals surface area (Å²) in [7, 11) is 0. The second kappa shape index (κ2) is 6.84. The zero-order chi connectivity index (χ0) is 15.4. The first-order chi connectivity index (χ1) is 9.95. The number of carbonyl (C=O) groups is 2. The Labute approximate surface area is 133 Å². The molecule has 0 unspecified atom stereocenters. The molecule has 0 spiro atoms. The highest BCUT2D eigenvalue weighted by atomic mass is 35.5. The number of hydrogen-bond donors (Lipinski definition) is 2. The van der Waals surface area contributed by atoms with E-state index in [4.69, 9.17) is 16.7 Å². The van der Waals surface area contributed by atoms with Crippen molar-refractivity contribution in [2.45, 2.75) is 13.5 Å². The van der Waals surface area contributed by atoms with Gasteiger partial charge in [-0.3, -0.25) is 4.79 Å². The lowest BCUT2D eigenvalue weighted by molar-refractivity contribution is -0.116. The van der Waals surface area contributed by atoms with Crippen LogP contribution in [0.15, 0.2) is 18.2 Å². The number of thiazole rings is 1. The van der Waals surface area contributed by atoms with Gasteiger partial charge < -0.3 is 10.4 Å². The molecule has 2 N–H and O–H groups in total. The van der Waals surface area contributed by atoms with Crippen molar-refractivity contribution in [3.63, 3.8) is 0 Å². The molecule has 0 fully saturated rings. The molecule has 2 rings (SSSR count). The number of carboxylic acids is 1. The van der Waals surface area contributed by atoms with E-state index in [9.17, 15) is 9.59 Å². The van der Waals surface area contributed by atoms with Crippen LogP contribution in [0.3, 0.4) is 0 Å². The van der Waals surface area contributed by atoms with E-state index in [1.54, 1.807) is 19.1 Å². The van der Waals surface area contributed by atoms with Crippen LogP contribution in [0.25, 0.3) is 6.08 Å². The van der Waals surface area contributed by atoms with E-state index in [0.717, 1.165) is 16.2 Å². The smallest absolute Gasteiger partial charge is 0.347 e. The molecule has 2 aromatic rings. The predicted molar refractivity (Wildman–Crippen MR) is 84.0 cm³/mol. The summed E-state index contributed by atoms with van der Waals surface area (Å²) in [5.41, 5.74) is 0.459. The van der Waals surface area contributed by atoms with Gasteiger partial charge in [-0.1, -0.05) is 11.6 Å². The molecule has 0 aliphatic rings. The van der Waals surface area contributed by atoms with Crippen molar-refractivity contribution in [2.75, 3.05) is 0 Å². The van der Waals surface area contributed by atoms with Gasteiger partial charge in [0.15, 0.2) is 0 Å². The first-order valence-corrected chi connectivity index (χ1v) is 7.87. The van der Waals surface area contributed by atoms with Gasteiger partial charge >= 0.3 is 5.97 Å². The van der Waals surface area contributed by atoms with Gasteiger partial charge in [0, 0.05) is 11.0 Å². The van der Waals surface area contributed by atoms with E-state index >= 15 is 0 Å². The molecule has 0 atom stereocenters. The molecule has 0 saturated heterocycles. The highest BCUT2D eigenvalue weighted by Gasteiger charge is 2.13. The van der Waals surface area contributed by atoms with Crippen LogP contribution in [0.5, 0.6) is 0 Å². The third kappa shape index (κ3) is 4.38. The van der Waals surface area contributed by atoms with Crippen LogP contribution in [-0.4, -0.2) is 22.0 Å². The van der Waals surface area contributed by atoms with Crippen molar-refractivity contribution >= 4 is 52.2 Å². The molecular weight excluding hydrogens is 332 g/mol. The molecule has 8 heteroatoms. The van der Waals surface area contributed by atoms with Gasteiger partial charge in [-0.15, -0.1) is 22.7 Å². The summed E-state index contributed by atoms with van der Waals surface area (Å²) in [5, 5.41) is 12.1. The van der Waals surface area contributed by atoms with Crippen molar-refractivity contribution in [1.82, 2.24) is 10.3 Å². The quantitative estimate of drug-likeness (QED) is 0.818. The lowest BCUT2D eigenvalue weighted by Crippen LogP contribution is -2.20. The topological polar surface area (TPSA) is 79.3 Å². The maximum atomic E-state index is 11.7. The molecule has 110 valence electrons. The summed E-state index contributed by atoms with van der Waals surface area (Å²) >= 11 is 8.23. The van der Waals surface area contributed by atoms with Crippen molar-refractivity contribution in [2.24, 2.45) is 0 Å². The summed E-state index contributed by atoms with van der Waals surface area (Å²) in [5.74, 6) is -1.28. The Morgan fingerprint density at radius 1 is 1.43 bits per heavy atom. The molecule has 1 amide bonds. The van der Waals surface area contributed by atoms with E-state index < -0.39 is 5.97 Å². The number of nitrogens with zero attached hydrogens (tertiary/aromatic N) is 1. The zero-order valence-corrected chi connectivity index (χ0v) is 13.3. The summed E-state index contributed by atoms with van der Waals surface area (Å²) in [6, 6.07) is 3.58. The van der Waals surface area contributed by atoms with Gasteiger partial charge in [0.1, 0.15) is 9.88 Å². The van der Waals surface area contributed by atoms with Gasteiger partial charge in [-0.05, 0) is 25.1 Å². The number of aromatic carboxylic acids is 1. The average molecular weight is 343 g/mol. The van der Waals surface area contributed by atoms with Gasteiger partial charge in [0.05, 0.1) is 16.6 Å². The Hall–Kier alpha value is -1.70. The van der Waals surface area contributed by atoms with Crippen LogP contribution in [0, 0.1) is 6.92 Å². The van der Waals surface area contributed by atoms with Crippen LogP contribution in [0.4, 0.5) is 0 Å². The van der Waals surface area contributed by atoms with Crippen molar-refractivity contribution < 1.29 is 14.7 Å². The number of aryl methyl sites for hydroxylation is 1. The Morgan fingerprint density at radius 3 is 2.76 bits per heavy atom. The average Bonchev–Trinajstić information content (AvgIpc) is 3.00. The number of rotatable bonds is 5. The third-order valence-corrected chi connectivity index (χ3v) is 4.78. The maximum Gasteiger partial charge on any atom is 0.347 e. The fourth-order valence-electron chi connectivity index (χ4n) is 1.52. The maximum absolute atomic E-state index is 11.7. The van der Waals surface area contributed by atoms with Crippen molar-refractivity contribution in [1.29, 1.82) is 0 Å². The fourth-order valence-corrected chi connectivity index (χ4v) is 3.33. The minimum atomic E-state index is -1.00. The van der Waals surface area contributed by atoms with Gasteiger partial charge in [-0.2, -0.15) is 0 Å². The van der Waals surface area contributed by atoms with E-state index in [2.05, 4.69) is 10.3 Å². The van der Waals surface area contributed by atoms with E-state index in [1.165, 1.54) is 17.4 Å². The molecule has 0 radical (unpaired) electrons. The SMILES string of the molecule is Cc1nc(CNC(=O)C=Cc2ccc(Cl)s2)sc1C(=O)O. The second-order valence-corrected chi connectivity index (χ2v) is 6.85. The standard InChI is InChI=1S/C13H11ClN2O3S2/c1-7-12(13(18)19)21-11(16-7)6-15-10(17)5-3-8-2-4-9(14)20-8/h2-5H,6H2,1H3,(H,15,17)(H,18,19). The van der Waals surface area contributed by atoms with Crippen LogP contribution in [0.1, 0.15) is 25.3 Å². The van der Waals surface area contributed by atoms with E-state index in [1.807, 2.05) is 6.07 Å². The van der Waals surface area contributed by atoms with Crippen molar-refractivity contribution in [3.05, 3.63) is 43.0 Å². The van der Waals surface area contributed by atoms with Crippen LogP contribution >= 0.6 is 34.3 Å². The van der Waals surface area contributed by atoms with Crippen LogP contribution in [-0.2, 0) is 11.3 Å². The first kappa shape index (κ1) is 15.7. The highest BCUT2D eigenvalue weighted by molar-refractivity contribution is 7.17. The van der Waals surface area contributed by atoms with Crippen LogP contribution < -0.4 is 5.32 Å². The Balaban J connectivity index is 1.90. The van der Waals surface area contributed by atoms with Crippen molar-refractivity contribution in [3.8, 4) is 0 Å². The molecule has 2 heterocycles. The number of carboxylic acid groups (broad SMARTS) is 1. The number of nitrogens with one attached hydrogen (secondary N) is 1. The third-order valence-electron chi connectivity index (χ3n) is 2.44. The Kier molecular flexibility index (Phi) is 5.11. The number of halogens is 1. The molecule has 0 aromatic carbocycles. The normalized spacial score (nSPS) is 11.0. The predicted octanol–water partition coefficient (Wildman–Crippen LogP) is 3.19. The lowest BCUT2D eigenvalue weighted by Gasteiger charge is -1.97. The minimum absolute atomic E-state index is 0.197. The van der Waals surface area contributed by atoms with Crippen LogP contribution in [0.2, 0.25) is 4.34 Å². The Bertz CT molecular complexity index is 706. The number of hydrogen-bond acceptors (Lipinski definition) is 5. The minimum Gasteiger partial charge on any atom is -0.477 e.